The van der Waals surface area contributed by atoms with Crippen LogP contribution in [-0.4, -0.2) is 33.2 Å². The first-order valence-corrected chi connectivity index (χ1v) is 9.84. The van der Waals surface area contributed by atoms with Gasteiger partial charge in [0.25, 0.3) is 5.91 Å². The van der Waals surface area contributed by atoms with Gasteiger partial charge in [0.2, 0.25) is 0 Å². The number of nitrogens with two attached hydrogens (primary N) is 1. The number of carbonyl (C=O) groups excluding carboxylic acids is 2. The number of amides is 1. The molecule has 0 aliphatic carbocycles. The van der Waals surface area contributed by atoms with Gasteiger partial charge in [0.05, 0.1) is 38.3 Å². The molecule has 4 aromatic rings. The number of fused-ring (bicyclic) bond motifs is 2. The van der Waals surface area contributed by atoms with E-state index in [1.54, 1.807) is 12.1 Å². The van der Waals surface area contributed by atoms with Crippen molar-refractivity contribution < 1.29 is 23.8 Å². The summed E-state index contributed by atoms with van der Waals surface area (Å²) in [6, 6.07) is 18.2. The van der Waals surface area contributed by atoms with Gasteiger partial charge >= 0.3 is 5.97 Å². The van der Waals surface area contributed by atoms with Gasteiger partial charge in [0.15, 0.2) is 11.5 Å². The minimum Gasteiger partial charge on any atom is -0.494 e. The van der Waals surface area contributed by atoms with E-state index in [0.29, 0.717) is 16.8 Å². The molecule has 0 bridgehead atoms. The van der Waals surface area contributed by atoms with Crippen molar-refractivity contribution in [3.8, 4) is 11.5 Å². The quantitative estimate of drug-likeness (QED) is 0.354. The summed E-state index contributed by atoms with van der Waals surface area (Å²) in [5.74, 6) is -0.550. The van der Waals surface area contributed by atoms with Crippen LogP contribution in [0.2, 0.25) is 0 Å². The molecule has 0 atom stereocenters. The molecule has 4 aromatic carbocycles. The Balaban J connectivity index is 1.90. The maximum absolute atomic E-state index is 13.4. The normalized spacial score (nSPS) is 10.7. The zero-order valence-electron chi connectivity index (χ0n) is 17.9. The lowest BCUT2D eigenvalue weighted by atomic mass is 10.0. The van der Waals surface area contributed by atoms with E-state index in [4.69, 9.17) is 19.9 Å². The predicted octanol–water partition coefficient (Wildman–Crippen LogP) is 4.63. The number of hydrogen-bond donors (Lipinski definition) is 2. The highest BCUT2D eigenvalue weighted by Crippen LogP contribution is 2.39. The van der Waals surface area contributed by atoms with E-state index < -0.39 is 11.9 Å². The molecule has 0 unspecified atom stereocenters. The summed E-state index contributed by atoms with van der Waals surface area (Å²) in [5, 5.41) is 5.94. The number of carbonyl (C=O) groups is 2. The molecule has 7 nitrogen and oxygen atoms in total. The number of rotatable bonds is 5. The fraction of sp³-hybridized carbons (Fsp3) is 0.120. The molecule has 0 spiro atoms. The third-order valence-corrected chi connectivity index (χ3v) is 5.34. The maximum atomic E-state index is 13.4. The van der Waals surface area contributed by atoms with Crippen LogP contribution < -0.4 is 20.5 Å². The first kappa shape index (κ1) is 21.0. The van der Waals surface area contributed by atoms with E-state index in [1.165, 1.54) is 21.3 Å². The molecule has 0 aliphatic rings. The van der Waals surface area contributed by atoms with Crippen LogP contribution >= 0.6 is 0 Å². The molecule has 0 aliphatic heterocycles. The van der Waals surface area contributed by atoms with Gasteiger partial charge in [-0.15, -0.1) is 0 Å². The lowest BCUT2D eigenvalue weighted by Crippen LogP contribution is -2.16. The van der Waals surface area contributed by atoms with Crippen LogP contribution in [0.15, 0.2) is 60.7 Å². The van der Waals surface area contributed by atoms with E-state index in [9.17, 15) is 9.59 Å². The summed E-state index contributed by atoms with van der Waals surface area (Å²) in [4.78, 5) is 25.8. The molecule has 7 heteroatoms. The summed E-state index contributed by atoms with van der Waals surface area (Å²) >= 11 is 0. The standard InChI is InChI=1S/C25H22N2O5/c1-30-22-18(12-14-8-4-6-10-16(14)20(22)26)24(28)27-21-17-11-7-5-9-15(17)13-19(23(21)31-2)25(29)32-3/h4-13H,26H2,1-3H3,(H,27,28). The molecule has 0 fully saturated rings. The SMILES string of the molecule is COC(=O)c1cc2ccccc2c(NC(=O)c2cc3ccccc3c(N)c2OC)c1OC. The summed E-state index contributed by atoms with van der Waals surface area (Å²) in [6.07, 6.45) is 0. The molecule has 4 rings (SSSR count). The number of anilines is 2. The van der Waals surface area contributed by atoms with Crippen molar-refractivity contribution in [3.05, 3.63) is 71.8 Å². The van der Waals surface area contributed by atoms with Gasteiger partial charge in [-0.05, 0) is 22.9 Å². The molecule has 0 saturated carbocycles. The van der Waals surface area contributed by atoms with Crippen molar-refractivity contribution in [1.82, 2.24) is 0 Å². The van der Waals surface area contributed by atoms with Gasteiger partial charge < -0.3 is 25.3 Å². The first-order valence-electron chi connectivity index (χ1n) is 9.84. The minimum atomic E-state index is -0.573. The Hall–Kier alpha value is -4.26. The molecule has 1 amide bonds. The molecular formula is C25H22N2O5. The van der Waals surface area contributed by atoms with E-state index in [2.05, 4.69) is 5.32 Å². The van der Waals surface area contributed by atoms with Crippen LogP contribution in [-0.2, 0) is 4.74 Å². The van der Waals surface area contributed by atoms with Crippen molar-refractivity contribution in [1.29, 1.82) is 0 Å². The van der Waals surface area contributed by atoms with Crippen LogP contribution in [0.5, 0.6) is 11.5 Å². The Kier molecular flexibility index (Phi) is 5.55. The third-order valence-electron chi connectivity index (χ3n) is 5.34. The van der Waals surface area contributed by atoms with Gasteiger partial charge in [-0.1, -0.05) is 48.5 Å². The zero-order chi connectivity index (χ0) is 22.8. The molecule has 0 heterocycles. The Bertz CT molecular complexity index is 1360. The topological polar surface area (TPSA) is 99.9 Å². The Morgan fingerprint density at radius 1 is 0.781 bits per heavy atom. The van der Waals surface area contributed by atoms with E-state index >= 15 is 0 Å². The number of hydrogen-bond acceptors (Lipinski definition) is 6. The van der Waals surface area contributed by atoms with Crippen LogP contribution in [0.4, 0.5) is 11.4 Å². The fourth-order valence-electron chi connectivity index (χ4n) is 3.85. The summed E-state index contributed by atoms with van der Waals surface area (Å²) in [7, 11) is 4.18. The van der Waals surface area contributed by atoms with Gasteiger partial charge in [-0.2, -0.15) is 0 Å². The second kappa shape index (κ2) is 8.47. The van der Waals surface area contributed by atoms with Crippen LogP contribution in [0.1, 0.15) is 20.7 Å². The molecule has 0 saturated heterocycles. The Labute approximate surface area is 184 Å². The lowest BCUT2D eigenvalue weighted by molar-refractivity contribution is 0.0597. The Morgan fingerprint density at radius 2 is 1.34 bits per heavy atom. The number of nitrogens with one attached hydrogen (secondary N) is 1. The van der Waals surface area contributed by atoms with E-state index in [1.807, 2.05) is 48.5 Å². The summed E-state index contributed by atoms with van der Waals surface area (Å²) in [6.45, 7) is 0. The monoisotopic (exact) mass is 430 g/mol. The van der Waals surface area contributed by atoms with E-state index in [-0.39, 0.29) is 22.6 Å². The second-order valence-electron chi connectivity index (χ2n) is 7.09. The van der Waals surface area contributed by atoms with Gasteiger partial charge in [-0.3, -0.25) is 4.79 Å². The van der Waals surface area contributed by atoms with E-state index in [0.717, 1.165) is 16.2 Å². The van der Waals surface area contributed by atoms with Gasteiger partial charge in [0.1, 0.15) is 5.56 Å². The van der Waals surface area contributed by atoms with Crippen molar-refractivity contribution >= 4 is 44.8 Å². The molecular weight excluding hydrogens is 408 g/mol. The molecule has 0 radical (unpaired) electrons. The maximum Gasteiger partial charge on any atom is 0.341 e. The summed E-state index contributed by atoms with van der Waals surface area (Å²) < 4.78 is 15.9. The molecule has 3 N–H and O–H groups in total. The highest BCUT2D eigenvalue weighted by molar-refractivity contribution is 6.16. The zero-order valence-corrected chi connectivity index (χ0v) is 17.9. The highest BCUT2D eigenvalue weighted by Gasteiger charge is 2.24. The van der Waals surface area contributed by atoms with Gasteiger partial charge in [-0.25, -0.2) is 4.79 Å². The number of nitrogen functional groups attached to an aromatic ring is 1. The molecule has 162 valence electrons. The molecule has 32 heavy (non-hydrogen) atoms. The van der Waals surface area contributed by atoms with Crippen molar-refractivity contribution in [2.75, 3.05) is 32.4 Å². The predicted molar refractivity (Wildman–Crippen MR) is 125 cm³/mol. The van der Waals surface area contributed by atoms with Crippen molar-refractivity contribution in [2.24, 2.45) is 0 Å². The average molecular weight is 430 g/mol. The highest BCUT2D eigenvalue weighted by atomic mass is 16.5. The molecule has 0 aromatic heterocycles. The number of methoxy groups -OCH3 is 3. The van der Waals surface area contributed by atoms with Crippen LogP contribution in [0.3, 0.4) is 0 Å². The van der Waals surface area contributed by atoms with Crippen LogP contribution in [0.25, 0.3) is 21.5 Å². The number of ether oxygens (including phenoxy) is 3. The first-order chi connectivity index (χ1) is 15.5. The number of esters is 1. The second-order valence-corrected chi connectivity index (χ2v) is 7.09. The van der Waals surface area contributed by atoms with Gasteiger partial charge in [0, 0.05) is 10.8 Å². The van der Waals surface area contributed by atoms with Crippen molar-refractivity contribution in [3.63, 3.8) is 0 Å². The Morgan fingerprint density at radius 3 is 1.97 bits per heavy atom. The minimum absolute atomic E-state index is 0.203. The van der Waals surface area contributed by atoms with Crippen molar-refractivity contribution in [2.45, 2.75) is 0 Å². The number of benzene rings is 4. The average Bonchev–Trinajstić information content (AvgIpc) is 2.83. The smallest absolute Gasteiger partial charge is 0.341 e. The third kappa shape index (κ3) is 3.43. The largest absolute Gasteiger partial charge is 0.494 e. The fourth-order valence-corrected chi connectivity index (χ4v) is 3.85. The lowest BCUT2D eigenvalue weighted by Gasteiger charge is -2.18. The van der Waals surface area contributed by atoms with Crippen LogP contribution in [0, 0.1) is 0 Å². The summed E-state index contributed by atoms with van der Waals surface area (Å²) in [5.41, 5.74) is 7.49.